The Balaban J connectivity index is 2.08. The highest BCUT2D eigenvalue weighted by molar-refractivity contribution is 5.85. The number of hydrogen-bond acceptors (Lipinski definition) is 2. The van der Waals surface area contributed by atoms with Crippen LogP contribution in [0.1, 0.15) is 53.0 Å². The van der Waals surface area contributed by atoms with Crippen molar-refractivity contribution in [3.05, 3.63) is 35.9 Å². The van der Waals surface area contributed by atoms with E-state index in [2.05, 4.69) is 39.9 Å². The minimum atomic E-state index is -0.0557. The lowest BCUT2D eigenvalue weighted by molar-refractivity contribution is -0.129. The second-order valence-corrected chi connectivity index (χ2v) is 8.43. The lowest BCUT2D eigenvalue weighted by Gasteiger charge is -2.28. The Morgan fingerprint density at radius 2 is 1.76 bits per heavy atom. The fourth-order valence-electron chi connectivity index (χ4n) is 4.48. The first kappa shape index (κ1) is 19.7. The van der Waals surface area contributed by atoms with Gasteiger partial charge in [0.15, 0.2) is 0 Å². The molecule has 4 atom stereocenters. The second-order valence-electron chi connectivity index (χ2n) is 8.43. The van der Waals surface area contributed by atoms with Crippen LogP contribution in [0, 0.1) is 35.5 Å². The van der Waals surface area contributed by atoms with E-state index in [0.717, 1.165) is 12.0 Å². The van der Waals surface area contributed by atoms with E-state index < -0.39 is 0 Å². The minimum Gasteiger partial charge on any atom is -0.352 e. The van der Waals surface area contributed by atoms with E-state index in [-0.39, 0.29) is 29.6 Å². The van der Waals surface area contributed by atoms with Crippen LogP contribution in [0.15, 0.2) is 30.3 Å². The molecule has 4 unspecified atom stereocenters. The molecule has 0 bridgehead atoms. The summed E-state index contributed by atoms with van der Waals surface area (Å²) in [5, 5.41) is 3.10. The number of hydrogen-bond donors (Lipinski definition) is 1. The molecule has 3 heteroatoms. The summed E-state index contributed by atoms with van der Waals surface area (Å²) in [6.45, 7) is 11.2. The Kier molecular flexibility index (Phi) is 6.80. The molecule has 138 valence electrons. The molecule has 2 rings (SSSR count). The Morgan fingerprint density at radius 3 is 2.32 bits per heavy atom. The van der Waals surface area contributed by atoms with Crippen LogP contribution in [-0.2, 0) is 16.1 Å². The van der Waals surface area contributed by atoms with E-state index in [0.29, 0.717) is 30.6 Å². The van der Waals surface area contributed by atoms with Crippen molar-refractivity contribution in [2.75, 3.05) is 0 Å². The van der Waals surface area contributed by atoms with Crippen LogP contribution in [0.4, 0.5) is 0 Å². The monoisotopic (exact) mass is 343 g/mol. The minimum absolute atomic E-state index is 0.0230. The maximum Gasteiger partial charge on any atom is 0.223 e. The van der Waals surface area contributed by atoms with Crippen LogP contribution in [-0.4, -0.2) is 11.7 Å². The number of Topliss-reactive ketones (excluding diaryl/α,β-unsaturated/α-hetero) is 1. The zero-order chi connectivity index (χ0) is 18.6. The van der Waals surface area contributed by atoms with Crippen molar-refractivity contribution < 1.29 is 9.59 Å². The molecule has 0 aromatic heterocycles. The first-order chi connectivity index (χ1) is 11.8. The molecular weight excluding hydrogens is 310 g/mol. The largest absolute Gasteiger partial charge is 0.352 e. The quantitative estimate of drug-likeness (QED) is 0.794. The van der Waals surface area contributed by atoms with Gasteiger partial charge in [0.2, 0.25) is 5.91 Å². The van der Waals surface area contributed by atoms with Crippen molar-refractivity contribution in [1.29, 1.82) is 0 Å². The molecule has 1 amide bonds. The zero-order valence-corrected chi connectivity index (χ0v) is 16.3. The highest BCUT2D eigenvalue weighted by Crippen LogP contribution is 2.46. The summed E-state index contributed by atoms with van der Waals surface area (Å²) in [5.41, 5.74) is 1.11. The number of amides is 1. The molecular formula is C22H33NO2. The van der Waals surface area contributed by atoms with Gasteiger partial charge in [-0.25, -0.2) is 0 Å². The molecule has 1 aliphatic carbocycles. The fourth-order valence-corrected chi connectivity index (χ4v) is 4.48. The smallest absolute Gasteiger partial charge is 0.223 e. The maximum absolute atomic E-state index is 12.8. The van der Waals surface area contributed by atoms with E-state index in [1.165, 1.54) is 0 Å². The number of rotatable bonds is 7. The van der Waals surface area contributed by atoms with Gasteiger partial charge in [-0.1, -0.05) is 65.0 Å². The van der Waals surface area contributed by atoms with E-state index in [4.69, 9.17) is 0 Å². The zero-order valence-electron chi connectivity index (χ0n) is 16.3. The standard InChI is InChI=1S/C22H33NO2/c1-14(2)11-19(24)21-16(5)12-18(20(21)15(3)4)22(25)23-13-17-9-7-6-8-10-17/h6-10,14-16,18,20-21H,11-13H2,1-5H3,(H,23,25). The SMILES string of the molecule is CC(C)CC(=O)C1C(C)CC(C(=O)NCc2ccccc2)C1C(C)C. The Bertz CT molecular complexity index is 579. The van der Waals surface area contributed by atoms with Crippen LogP contribution < -0.4 is 5.32 Å². The Labute approximate surface area is 152 Å². The van der Waals surface area contributed by atoms with Crippen LogP contribution in [0.2, 0.25) is 0 Å². The first-order valence-corrected chi connectivity index (χ1v) is 9.65. The van der Waals surface area contributed by atoms with Gasteiger partial charge in [0.25, 0.3) is 0 Å². The summed E-state index contributed by atoms with van der Waals surface area (Å²) >= 11 is 0. The molecule has 0 saturated heterocycles. The molecule has 0 heterocycles. The molecule has 1 fully saturated rings. The fraction of sp³-hybridized carbons (Fsp3) is 0.636. The predicted molar refractivity (Wildman–Crippen MR) is 102 cm³/mol. The van der Waals surface area contributed by atoms with E-state index in [9.17, 15) is 9.59 Å². The second kappa shape index (κ2) is 8.64. The predicted octanol–water partition coefficient (Wildman–Crippen LogP) is 4.46. The highest BCUT2D eigenvalue weighted by atomic mass is 16.2. The summed E-state index contributed by atoms with van der Waals surface area (Å²) in [7, 11) is 0. The third-order valence-corrected chi connectivity index (χ3v) is 5.52. The summed E-state index contributed by atoms with van der Waals surface area (Å²) in [6, 6.07) is 9.98. The molecule has 0 spiro atoms. The molecule has 25 heavy (non-hydrogen) atoms. The maximum atomic E-state index is 12.8. The van der Waals surface area contributed by atoms with Gasteiger partial charge in [-0.05, 0) is 35.7 Å². The van der Waals surface area contributed by atoms with Crippen molar-refractivity contribution >= 4 is 11.7 Å². The van der Waals surface area contributed by atoms with Crippen LogP contribution >= 0.6 is 0 Å². The van der Waals surface area contributed by atoms with Crippen LogP contribution in [0.3, 0.4) is 0 Å². The Hall–Kier alpha value is -1.64. The van der Waals surface area contributed by atoms with Crippen molar-refractivity contribution in [1.82, 2.24) is 5.32 Å². The summed E-state index contributed by atoms with van der Waals surface area (Å²) in [4.78, 5) is 25.6. The van der Waals surface area contributed by atoms with Gasteiger partial charge in [0, 0.05) is 24.8 Å². The van der Waals surface area contributed by atoms with Gasteiger partial charge in [-0.2, -0.15) is 0 Å². The average molecular weight is 344 g/mol. The molecule has 3 nitrogen and oxygen atoms in total. The number of ketones is 1. The molecule has 1 aromatic carbocycles. The third-order valence-electron chi connectivity index (χ3n) is 5.52. The topological polar surface area (TPSA) is 46.2 Å². The summed E-state index contributed by atoms with van der Waals surface area (Å²) in [6.07, 6.45) is 1.44. The first-order valence-electron chi connectivity index (χ1n) is 9.65. The lowest BCUT2D eigenvalue weighted by atomic mass is 9.75. The van der Waals surface area contributed by atoms with Crippen molar-refractivity contribution in [2.45, 2.75) is 54.0 Å². The number of nitrogens with one attached hydrogen (secondary N) is 1. The van der Waals surface area contributed by atoms with Crippen molar-refractivity contribution in [2.24, 2.45) is 35.5 Å². The summed E-state index contributed by atoms with van der Waals surface area (Å²) in [5.74, 6) is 1.56. The van der Waals surface area contributed by atoms with Gasteiger partial charge in [-0.3, -0.25) is 9.59 Å². The van der Waals surface area contributed by atoms with Crippen molar-refractivity contribution in [3.8, 4) is 0 Å². The van der Waals surface area contributed by atoms with Crippen LogP contribution in [0.25, 0.3) is 0 Å². The highest BCUT2D eigenvalue weighted by Gasteiger charge is 2.48. The van der Waals surface area contributed by atoms with Crippen LogP contribution in [0.5, 0.6) is 0 Å². The molecule has 0 aliphatic heterocycles. The van der Waals surface area contributed by atoms with Gasteiger partial charge in [-0.15, -0.1) is 0 Å². The molecule has 1 saturated carbocycles. The van der Waals surface area contributed by atoms with E-state index in [1.807, 2.05) is 30.3 Å². The lowest BCUT2D eigenvalue weighted by Crippen LogP contribution is -2.37. The molecule has 1 aliphatic rings. The number of carbonyl (C=O) groups excluding carboxylic acids is 2. The van der Waals surface area contributed by atoms with Crippen molar-refractivity contribution in [3.63, 3.8) is 0 Å². The normalized spacial score (nSPS) is 26.2. The Morgan fingerprint density at radius 1 is 1.12 bits per heavy atom. The van der Waals surface area contributed by atoms with Gasteiger partial charge in [0.1, 0.15) is 5.78 Å². The van der Waals surface area contributed by atoms with Gasteiger partial charge in [0.05, 0.1) is 0 Å². The molecule has 1 aromatic rings. The van der Waals surface area contributed by atoms with E-state index >= 15 is 0 Å². The van der Waals surface area contributed by atoms with E-state index in [1.54, 1.807) is 0 Å². The van der Waals surface area contributed by atoms with Gasteiger partial charge >= 0.3 is 0 Å². The average Bonchev–Trinajstić information content (AvgIpc) is 2.90. The van der Waals surface area contributed by atoms with Gasteiger partial charge < -0.3 is 5.32 Å². The molecule has 0 radical (unpaired) electrons. The molecule has 1 N–H and O–H groups in total. The third kappa shape index (κ3) is 4.93. The number of carbonyl (C=O) groups is 2. The number of benzene rings is 1. The summed E-state index contributed by atoms with van der Waals surface area (Å²) < 4.78 is 0.